The van der Waals surface area contributed by atoms with Crippen molar-refractivity contribution in [1.82, 2.24) is 0 Å². The second-order valence-electron chi connectivity index (χ2n) is 11.5. The quantitative estimate of drug-likeness (QED) is 0.169. The summed E-state index contributed by atoms with van der Waals surface area (Å²) < 4.78 is 244. The third kappa shape index (κ3) is 3.48. The van der Waals surface area contributed by atoms with Gasteiger partial charge in [-0.2, -0.15) is 0 Å². The first-order chi connectivity index (χ1) is 35.6. The van der Waals surface area contributed by atoms with E-state index in [1.54, 1.807) is 0 Å². The topological polar surface area (TPSA) is 9.23 Å². The predicted octanol–water partition coefficient (Wildman–Crippen LogP) is 14.1. The summed E-state index contributed by atoms with van der Waals surface area (Å²) in [6.45, 7) is 0. The summed E-state index contributed by atoms with van der Waals surface area (Å²) in [4.78, 5) is -0.288. The van der Waals surface area contributed by atoms with Gasteiger partial charge < -0.3 is 4.74 Å². The fourth-order valence-electron chi connectivity index (χ4n) is 6.91. The minimum Gasteiger partial charge on any atom is -0.456 e. The Kier molecular flexibility index (Phi) is 2.41. The van der Waals surface area contributed by atoms with Gasteiger partial charge in [-0.1, -0.05) is 145 Å². The van der Waals surface area contributed by atoms with E-state index < -0.39 is 234 Å². The minimum atomic E-state index is -0.886. The molecule has 12 rings (SSSR count). The summed E-state index contributed by atoms with van der Waals surface area (Å²) in [5.41, 5.74) is -3.73. The third-order valence-electron chi connectivity index (χ3n) is 9.02. The van der Waals surface area contributed by atoms with Crippen LogP contribution in [-0.4, -0.2) is 0 Å². The van der Waals surface area contributed by atoms with E-state index in [4.69, 9.17) is 21.2 Å². The zero-order chi connectivity index (χ0) is 55.1. The maximum atomic E-state index is 9.65. The molecule has 2 heteroatoms. The molecular formula is C48H26OS. The van der Waals surface area contributed by atoms with Crippen molar-refractivity contribution in [3.05, 3.63) is 157 Å². The molecule has 0 amide bonds. The summed E-state index contributed by atoms with van der Waals surface area (Å²) in [6, 6.07) is -20.0. The summed E-state index contributed by atoms with van der Waals surface area (Å²) in [5.74, 6) is -1.11. The van der Waals surface area contributed by atoms with Gasteiger partial charge in [0.1, 0.15) is 11.5 Å². The first-order valence-electron chi connectivity index (χ1n) is 28.1. The predicted molar refractivity (Wildman–Crippen MR) is 211 cm³/mol. The van der Waals surface area contributed by atoms with E-state index in [-0.39, 0.29) is 42.5 Å². The first-order valence-corrected chi connectivity index (χ1v) is 15.9. The molecule has 0 unspecified atom stereocenters. The monoisotopic (exact) mass is 676 g/mol. The van der Waals surface area contributed by atoms with Crippen molar-refractivity contribution in [1.29, 1.82) is 0 Å². The first kappa shape index (κ1) is 12.4. The van der Waals surface area contributed by atoms with E-state index in [1.807, 2.05) is 0 Å². The maximum Gasteiger partial charge on any atom is 0.135 e. The number of fused-ring (bicyclic) bond motifs is 4. The van der Waals surface area contributed by atoms with Gasteiger partial charge in [-0.15, -0.1) is 0 Å². The van der Waals surface area contributed by atoms with Crippen molar-refractivity contribution in [3.8, 4) is 56.0 Å². The highest BCUT2D eigenvalue weighted by Crippen LogP contribution is 2.52. The number of hydrogen-bond acceptors (Lipinski definition) is 2. The lowest BCUT2D eigenvalue weighted by molar-refractivity contribution is 0.487. The van der Waals surface area contributed by atoms with Gasteiger partial charge in [0.2, 0.25) is 0 Å². The van der Waals surface area contributed by atoms with Crippen LogP contribution in [-0.2, 0) is 0 Å². The minimum absolute atomic E-state index is 0.133. The molecular weight excluding hydrogens is 625 g/mol. The molecule has 230 valence electrons. The highest BCUT2D eigenvalue weighted by molar-refractivity contribution is 7.99. The van der Waals surface area contributed by atoms with Crippen molar-refractivity contribution >= 4 is 65.6 Å². The van der Waals surface area contributed by atoms with Crippen LogP contribution >= 0.6 is 11.8 Å². The average molecular weight is 677 g/mol. The van der Waals surface area contributed by atoms with Crippen LogP contribution in [0.5, 0.6) is 11.5 Å². The van der Waals surface area contributed by atoms with E-state index in [0.29, 0.717) is 11.8 Å². The average Bonchev–Trinajstić information content (AvgIpc) is 3.57. The van der Waals surface area contributed by atoms with Crippen LogP contribution in [0.3, 0.4) is 0 Å². The van der Waals surface area contributed by atoms with Crippen LogP contribution < -0.4 is 4.74 Å². The van der Waals surface area contributed by atoms with Gasteiger partial charge in [0.15, 0.2) is 0 Å². The largest absolute Gasteiger partial charge is 0.456 e. The van der Waals surface area contributed by atoms with Crippen molar-refractivity contribution in [2.45, 2.75) is 9.79 Å². The third-order valence-corrected chi connectivity index (χ3v) is 10.0. The van der Waals surface area contributed by atoms with E-state index in [2.05, 4.69) is 0 Å². The zero-order valence-corrected chi connectivity index (χ0v) is 25.6. The lowest BCUT2D eigenvalue weighted by atomic mass is 9.84. The summed E-state index contributed by atoms with van der Waals surface area (Å²) in [7, 11) is 0. The maximum absolute atomic E-state index is 9.65. The number of benzene rings is 10. The Morgan fingerprint density at radius 3 is 1.56 bits per heavy atom. The number of rotatable bonds is 2. The van der Waals surface area contributed by atoms with E-state index in [1.165, 1.54) is 0 Å². The standard InChI is InChI=1S/C48H26OS/c1-3-13-41-33(7-1)37-11-5-9-35-31(23-25-42(49-41)47(35)37)29-19-15-27-18-22-40-30(20-16-28-17-21-39(29)45(27)46(28)40)32-24-26-44-48-36(32)10-6-12-38(48)34-8-2-4-14-43(34)50-44/h1-26H/i1D,2D,3D,4D,5D,6D,7D,8D,9D,10D,11D,12D,13D,14D,15D,16D,17D,18D,19D,20D,21D,22D,23D,24D,25D,26D. The molecule has 2 heterocycles. The number of ether oxygens (including phenoxy) is 1. The van der Waals surface area contributed by atoms with Gasteiger partial charge >= 0.3 is 0 Å². The van der Waals surface area contributed by atoms with Crippen LogP contribution in [0, 0.1) is 0 Å². The molecule has 0 N–H and O–H groups in total. The van der Waals surface area contributed by atoms with Crippen LogP contribution in [0.4, 0.5) is 0 Å². The molecule has 0 radical (unpaired) electrons. The van der Waals surface area contributed by atoms with Gasteiger partial charge in [0.25, 0.3) is 0 Å². The summed E-state index contributed by atoms with van der Waals surface area (Å²) in [5, 5.41) is -4.32. The Bertz CT molecular complexity index is 4300. The molecule has 0 bridgehead atoms. The molecule has 0 saturated heterocycles. The Hall–Kier alpha value is -6.09. The zero-order valence-electron chi connectivity index (χ0n) is 50.8. The molecule has 1 nitrogen and oxygen atoms in total. The molecule has 2 aliphatic rings. The molecule has 50 heavy (non-hydrogen) atoms. The van der Waals surface area contributed by atoms with Crippen molar-refractivity contribution in [2.24, 2.45) is 0 Å². The van der Waals surface area contributed by atoms with Gasteiger partial charge in [0.05, 0.1) is 35.6 Å². The van der Waals surface area contributed by atoms with Gasteiger partial charge in [0, 0.05) is 26.1 Å². The Labute approximate surface area is 329 Å². The molecule has 0 aromatic heterocycles. The number of hydrogen-bond donors (Lipinski definition) is 0. The van der Waals surface area contributed by atoms with Crippen molar-refractivity contribution in [2.75, 3.05) is 0 Å². The Morgan fingerprint density at radius 2 is 0.840 bits per heavy atom. The SMILES string of the molecule is [2H]c1c([2H])c([2H])c2c(c1[2H])Oc1c([2H])c([2H])c(-c3c([2H])c([2H])c4c([2H])c([2H])c5c(-c6c([2H])c([2H])c7c8c(c([2H])c([2H])c([2H])c68)-c6c([2H])c([2H])c([2H])c([2H])c6S7)c([2H])c([2H])c6c([2H])c([2H])c3c4c65)c3c([2H])c([2H])c([2H])c-2c13. The molecule has 0 spiro atoms. The van der Waals surface area contributed by atoms with E-state index in [9.17, 15) is 19.2 Å². The number of para-hydroxylation sites is 1. The van der Waals surface area contributed by atoms with Crippen molar-refractivity contribution < 1.29 is 40.4 Å². The Morgan fingerprint density at radius 1 is 0.320 bits per heavy atom. The molecule has 0 aliphatic carbocycles. The molecule has 10 aromatic carbocycles. The van der Waals surface area contributed by atoms with Gasteiger partial charge in [-0.25, -0.2) is 0 Å². The van der Waals surface area contributed by atoms with E-state index >= 15 is 0 Å². The molecule has 0 fully saturated rings. The summed E-state index contributed by atoms with van der Waals surface area (Å²) >= 11 is 0.660. The van der Waals surface area contributed by atoms with Crippen LogP contribution in [0.2, 0.25) is 0 Å². The fraction of sp³-hybridized carbons (Fsp3) is 0. The second kappa shape index (κ2) is 9.75. The van der Waals surface area contributed by atoms with Crippen LogP contribution in [0.15, 0.2) is 167 Å². The summed E-state index contributed by atoms with van der Waals surface area (Å²) in [6.07, 6.45) is 0. The van der Waals surface area contributed by atoms with Gasteiger partial charge in [-0.3, -0.25) is 0 Å². The molecule has 0 saturated carbocycles. The normalized spacial score (nSPS) is 20.2. The van der Waals surface area contributed by atoms with Crippen LogP contribution in [0.1, 0.15) is 35.6 Å². The van der Waals surface area contributed by atoms with Crippen LogP contribution in [0.25, 0.3) is 98.4 Å². The second-order valence-corrected chi connectivity index (χ2v) is 12.5. The smallest absolute Gasteiger partial charge is 0.135 e. The molecule has 2 aliphatic heterocycles. The fourth-order valence-corrected chi connectivity index (χ4v) is 7.88. The highest BCUT2D eigenvalue weighted by Gasteiger charge is 2.24. The van der Waals surface area contributed by atoms with Gasteiger partial charge in [-0.05, 0) is 106 Å². The Balaban J connectivity index is 1.30. The lowest BCUT2D eigenvalue weighted by Crippen LogP contribution is -1.98. The lowest BCUT2D eigenvalue weighted by Gasteiger charge is -2.23. The van der Waals surface area contributed by atoms with Crippen molar-refractivity contribution in [3.63, 3.8) is 0 Å². The highest BCUT2D eigenvalue weighted by atomic mass is 32.2. The van der Waals surface area contributed by atoms with E-state index in [0.717, 1.165) is 0 Å². The molecule has 0 atom stereocenters. The molecule has 10 aromatic rings.